The van der Waals surface area contributed by atoms with Gasteiger partial charge in [-0.3, -0.25) is 9.20 Å². The standard InChI is InChI=1S/C16H18N4O2/c1-9-14(20-6-2-5-17-16(20)18-9)15(21)19-7-10-11(8-19)13-4-3-12(10)22-13/h2,5-6,10-13H,3-4,7-8H2,1H3/t10-,11+,12+,13-. The minimum Gasteiger partial charge on any atom is -0.374 e. The molecule has 3 aliphatic heterocycles. The number of aryl methyl sites for hydroxylation is 1. The summed E-state index contributed by atoms with van der Waals surface area (Å²) in [6, 6.07) is 1.83. The summed E-state index contributed by atoms with van der Waals surface area (Å²) in [6.45, 7) is 3.51. The van der Waals surface area contributed by atoms with Gasteiger partial charge in [0.1, 0.15) is 5.69 Å². The van der Waals surface area contributed by atoms with E-state index in [4.69, 9.17) is 4.74 Å². The van der Waals surface area contributed by atoms with Crippen LogP contribution in [0.4, 0.5) is 0 Å². The van der Waals surface area contributed by atoms with E-state index in [1.807, 2.05) is 24.1 Å². The van der Waals surface area contributed by atoms with Crippen LogP contribution in [0, 0.1) is 18.8 Å². The van der Waals surface area contributed by atoms with Crippen LogP contribution in [0.1, 0.15) is 29.0 Å². The van der Waals surface area contributed by atoms with Crippen molar-refractivity contribution in [2.75, 3.05) is 13.1 Å². The molecule has 0 aromatic carbocycles. The number of fused-ring (bicyclic) bond motifs is 6. The largest absolute Gasteiger partial charge is 0.374 e. The summed E-state index contributed by atoms with van der Waals surface area (Å²) in [5, 5.41) is 0. The van der Waals surface area contributed by atoms with Crippen LogP contribution in [0.3, 0.4) is 0 Å². The summed E-state index contributed by atoms with van der Waals surface area (Å²) in [6.07, 6.45) is 6.62. The molecule has 6 nitrogen and oxygen atoms in total. The van der Waals surface area contributed by atoms with Crippen LogP contribution in [0.5, 0.6) is 0 Å². The van der Waals surface area contributed by atoms with Gasteiger partial charge in [0, 0.05) is 37.3 Å². The van der Waals surface area contributed by atoms with Gasteiger partial charge in [-0.1, -0.05) is 0 Å². The van der Waals surface area contributed by atoms with Crippen molar-refractivity contribution in [3.8, 4) is 0 Å². The number of carbonyl (C=O) groups excluding carboxylic acids is 1. The quantitative estimate of drug-likeness (QED) is 0.796. The van der Waals surface area contributed by atoms with E-state index >= 15 is 0 Å². The lowest BCUT2D eigenvalue weighted by atomic mass is 9.82. The van der Waals surface area contributed by atoms with E-state index in [9.17, 15) is 4.79 Å². The van der Waals surface area contributed by atoms with Gasteiger partial charge >= 0.3 is 0 Å². The van der Waals surface area contributed by atoms with Crippen molar-refractivity contribution in [1.82, 2.24) is 19.3 Å². The fourth-order valence-corrected chi connectivity index (χ4v) is 4.53. The predicted octanol–water partition coefficient (Wildman–Crippen LogP) is 1.29. The maximum Gasteiger partial charge on any atom is 0.272 e. The van der Waals surface area contributed by atoms with Crippen molar-refractivity contribution in [3.05, 3.63) is 29.8 Å². The second-order valence-corrected chi connectivity index (χ2v) is 6.66. The molecule has 114 valence electrons. The average Bonchev–Trinajstić information content (AvgIpc) is 3.25. The number of rotatable bonds is 1. The van der Waals surface area contributed by atoms with Crippen molar-refractivity contribution in [1.29, 1.82) is 0 Å². The maximum atomic E-state index is 13.0. The van der Waals surface area contributed by atoms with Crippen molar-refractivity contribution in [3.63, 3.8) is 0 Å². The Morgan fingerprint density at radius 2 is 2.00 bits per heavy atom. The first-order chi connectivity index (χ1) is 10.7. The topological polar surface area (TPSA) is 59.7 Å². The lowest BCUT2D eigenvalue weighted by Gasteiger charge is -2.19. The molecule has 3 fully saturated rings. The van der Waals surface area contributed by atoms with Crippen molar-refractivity contribution in [2.45, 2.75) is 32.0 Å². The highest BCUT2D eigenvalue weighted by Crippen LogP contribution is 2.47. The molecular weight excluding hydrogens is 280 g/mol. The van der Waals surface area contributed by atoms with Gasteiger partial charge in [-0.2, -0.15) is 0 Å². The van der Waals surface area contributed by atoms with Gasteiger partial charge in [-0.05, 0) is 25.8 Å². The summed E-state index contributed by atoms with van der Waals surface area (Å²) < 4.78 is 7.79. The molecule has 0 N–H and O–H groups in total. The van der Waals surface area contributed by atoms with Gasteiger partial charge in [0.15, 0.2) is 0 Å². The highest BCUT2D eigenvalue weighted by Gasteiger charge is 2.54. The molecule has 0 saturated carbocycles. The van der Waals surface area contributed by atoms with Crippen molar-refractivity contribution >= 4 is 11.7 Å². The Morgan fingerprint density at radius 3 is 2.73 bits per heavy atom. The molecule has 2 aromatic heterocycles. The second-order valence-electron chi connectivity index (χ2n) is 6.66. The van der Waals surface area contributed by atoms with Crippen LogP contribution >= 0.6 is 0 Å². The van der Waals surface area contributed by atoms with E-state index in [1.54, 1.807) is 10.6 Å². The van der Waals surface area contributed by atoms with Gasteiger partial charge in [0.25, 0.3) is 5.91 Å². The molecule has 4 atom stereocenters. The number of imidazole rings is 1. The number of hydrogen-bond acceptors (Lipinski definition) is 4. The Labute approximate surface area is 128 Å². The van der Waals surface area contributed by atoms with Crippen LogP contribution in [0.15, 0.2) is 18.5 Å². The van der Waals surface area contributed by atoms with E-state index < -0.39 is 0 Å². The molecule has 5 rings (SSSR count). The van der Waals surface area contributed by atoms with Gasteiger partial charge in [-0.15, -0.1) is 0 Å². The number of amides is 1. The molecule has 0 unspecified atom stereocenters. The molecule has 6 heteroatoms. The van der Waals surface area contributed by atoms with Crippen LogP contribution in [0.25, 0.3) is 5.78 Å². The van der Waals surface area contributed by atoms with Crippen LogP contribution in [0.2, 0.25) is 0 Å². The lowest BCUT2D eigenvalue weighted by molar-refractivity contribution is 0.0590. The van der Waals surface area contributed by atoms with Gasteiger partial charge < -0.3 is 9.64 Å². The van der Waals surface area contributed by atoms with Crippen LogP contribution < -0.4 is 0 Å². The summed E-state index contributed by atoms with van der Waals surface area (Å²) in [5.41, 5.74) is 1.40. The lowest BCUT2D eigenvalue weighted by Crippen LogP contribution is -2.32. The molecule has 0 radical (unpaired) electrons. The minimum atomic E-state index is 0.0757. The normalized spacial score (nSPS) is 32.9. The van der Waals surface area contributed by atoms with Crippen molar-refractivity contribution in [2.24, 2.45) is 11.8 Å². The molecular formula is C16H18N4O2. The zero-order valence-corrected chi connectivity index (χ0v) is 12.5. The Hall–Kier alpha value is -1.95. The molecule has 2 bridgehead atoms. The number of ether oxygens (including phenoxy) is 1. The van der Waals surface area contributed by atoms with E-state index in [1.165, 1.54) is 0 Å². The first-order valence-electron chi connectivity index (χ1n) is 7.97. The molecule has 0 spiro atoms. The SMILES string of the molecule is Cc1nc2ncccn2c1C(=O)N1C[C@@H]2[C@H](C1)[C@H]1CC[C@@H]2O1. The first-order valence-corrected chi connectivity index (χ1v) is 7.97. The number of hydrogen-bond donors (Lipinski definition) is 0. The van der Waals surface area contributed by atoms with E-state index in [0.717, 1.165) is 31.6 Å². The fourth-order valence-electron chi connectivity index (χ4n) is 4.53. The zero-order chi connectivity index (χ0) is 14.8. The van der Waals surface area contributed by atoms with Crippen molar-refractivity contribution < 1.29 is 9.53 Å². The number of nitrogens with zero attached hydrogens (tertiary/aromatic N) is 4. The van der Waals surface area contributed by atoms with E-state index in [0.29, 0.717) is 35.5 Å². The molecule has 3 aliphatic rings. The van der Waals surface area contributed by atoms with Gasteiger partial charge in [0.2, 0.25) is 5.78 Å². The fraction of sp³-hybridized carbons (Fsp3) is 0.562. The highest BCUT2D eigenvalue weighted by molar-refractivity contribution is 5.94. The summed E-state index contributed by atoms with van der Waals surface area (Å²) >= 11 is 0. The summed E-state index contributed by atoms with van der Waals surface area (Å²) in [5.74, 6) is 1.72. The van der Waals surface area contributed by atoms with E-state index in [2.05, 4.69) is 9.97 Å². The molecule has 2 aromatic rings. The Kier molecular flexibility index (Phi) is 2.45. The monoisotopic (exact) mass is 298 g/mol. The molecule has 22 heavy (non-hydrogen) atoms. The average molecular weight is 298 g/mol. The second kappa shape index (κ2) is 4.29. The third kappa shape index (κ3) is 1.56. The molecule has 5 heterocycles. The zero-order valence-electron chi connectivity index (χ0n) is 12.5. The molecule has 1 amide bonds. The highest BCUT2D eigenvalue weighted by atomic mass is 16.5. The predicted molar refractivity (Wildman–Crippen MR) is 78.5 cm³/mol. The van der Waals surface area contributed by atoms with E-state index in [-0.39, 0.29) is 5.91 Å². The number of aromatic nitrogens is 3. The summed E-state index contributed by atoms with van der Waals surface area (Å²) in [7, 11) is 0. The smallest absolute Gasteiger partial charge is 0.272 e. The third-order valence-electron chi connectivity index (χ3n) is 5.52. The molecule has 0 aliphatic carbocycles. The number of likely N-dealkylation sites (tertiary alicyclic amines) is 1. The first kappa shape index (κ1) is 12.6. The van der Waals surface area contributed by atoms with Crippen LogP contribution in [-0.2, 0) is 4.74 Å². The Balaban J connectivity index is 1.49. The van der Waals surface area contributed by atoms with Crippen LogP contribution in [-0.4, -0.2) is 50.5 Å². The minimum absolute atomic E-state index is 0.0757. The van der Waals surface area contributed by atoms with Gasteiger partial charge in [0.05, 0.1) is 17.9 Å². The Bertz CT molecular complexity index is 753. The third-order valence-corrected chi connectivity index (χ3v) is 5.52. The summed E-state index contributed by atoms with van der Waals surface area (Å²) in [4.78, 5) is 23.6. The molecule has 3 saturated heterocycles. The maximum absolute atomic E-state index is 13.0. The van der Waals surface area contributed by atoms with Gasteiger partial charge in [-0.25, -0.2) is 9.97 Å². The number of carbonyl (C=O) groups is 1. The Morgan fingerprint density at radius 1 is 1.27 bits per heavy atom.